The number of carboxylic acid groups (broad SMARTS) is 1. The van der Waals surface area contributed by atoms with Gasteiger partial charge in [0, 0.05) is 0 Å². The molecule has 0 spiro atoms. The van der Waals surface area contributed by atoms with Gasteiger partial charge in [-0.1, -0.05) is 60.8 Å². The Morgan fingerprint density at radius 3 is 1.82 bits per heavy atom. The van der Waals surface area contributed by atoms with Crippen molar-refractivity contribution in [1.82, 2.24) is 0 Å². The average molecular weight is 316 g/mol. The van der Waals surface area contributed by atoms with Crippen molar-refractivity contribution < 1.29 is 19.4 Å². The first kappa shape index (κ1) is 23.2. The summed E-state index contributed by atoms with van der Waals surface area (Å²) in [6, 6.07) is 0. The van der Waals surface area contributed by atoms with Crippen LogP contribution in [0.25, 0.3) is 0 Å². The Balaban J connectivity index is 0. The molecule has 0 aromatic carbocycles. The van der Waals surface area contributed by atoms with Gasteiger partial charge in [0.15, 0.2) is 0 Å². The molecule has 1 N–H and O–H groups in total. The first-order valence-corrected chi connectivity index (χ1v) is 8.73. The van der Waals surface area contributed by atoms with Gasteiger partial charge in [0.05, 0.1) is 18.4 Å². The lowest BCUT2D eigenvalue weighted by Gasteiger charge is -2.16. The predicted molar refractivity (Wildman–Crippen MR) is 90.8 cm³/mol. The molecule has 0 rings (SSSR count). The van der Waals surface area contributed by atoms with Crippen molar-refractivity contribution in [1.29, 1.82) is 0 Å². The van der Waals surface area contributed by atoms with Gasteiger partial charge in [-0.15, -0.1) is 0 Å². The number of ether oxygens (including phenoxy) is 1. The van der Waals surface area contributed by atoms with Crippen LogP contribution < -0.4 is 0 Å². The van der Waals surface area contributed by atoms with Crippen LogP contribution in [-0.2, 0) is 14.3 Å². The van der Waals surface area contributed by atoms with Crippen LogP contribution in [0, 0.1) is 17.8 Å². The molecule has 0 aromatic rings. The van der Waals surface area contributed by atoms with Gasteiger partial charge < -0.3 is 9.84 Å². The molecule has 3 atom stereocenters. The van der Waals surface area contributed by atoms with E-state index in [1.807, 2.05) is 20.8 Å². The molecule has 0 aliphatic rings. The number of carbonyl (C=O) groups excluding carboxylic acids is 1. The summed E-state index contributed by atoms with van der Waals surface area (Å²) in [5, 5.41) is 8.18. The Hall–Kier alpha value is -1.06. The fourth-order valence-electron chi connectivity index (χ4n) is 1.58. The molecule has 132 valence electrons. The molecule has 0 fully saturated rings. The van der Waals surface area contributed by atoms with Crippen molar-refractivity contribution in [3.05, 3.63) is 0 Å². The van der Waals surface area contributed by atoms with Crippen molar-refractivity contribution in [3.8, 4) is 0 Å². The smallest absolute Gasteiger partial charge is 0.308 e. The quantitative estimate of drug-likeness (QED) is 0.582. The van der Waals surface area contributed by atoms with E-state index in [0.29, 0.717) is 12.5 Å². The summed E-state index contributed by atoms with van der Waals surface area (Å²) < 4.78 is 5.31. The second kappa shape index (κ2) is 14.9. The molecule has 0 saturated heterocycles. The minimum absolute atomic E-state index is 0.0348. The lowest BCUT2D eigenvalue weighted by atomic mass is 10.0. The van der Waals surface area contributed by atoms with Gasteiger partial charge in [0.1, 0.15) is 0 Å². The molecular weight excluding hydrogens is 280 g/mol. The number of carbonyl (C=O) groups is 2. The van der Waals surface area contributed by atoms with E-state index in [4.69, 9.17) is 9.84 Å². The maximum Gasteiger partial charge on any atom is 0.308 e. The predicted octanol–water partition coefficient (Wildman–Crippen LogP) is 4.91. The summed E-state index contributed by atoms with van der Waals surface area (Å²) in [6.45, 7) is 12.5. The Labute approximate surface area is 136 Å². The normalized spacial score (nSPS) is 14.3. The summed E-state index contributed by atoms with van der Waals surface area (Å²) in [6.07, 6.45) is 6.32. The first-order valence-electron chi connectivity index (χ1n) is 8.73. The van der Waals surface area contributed by atoms with Crippen molar-refractivity contribution >= 4 is 11.9 Å². The Morgan fingerprint density at radius 2 is 1.50 bits per heavy atom. The van der Waals surface area contributed by atoms with E-state index < -0.39 is 5.97 Å². The van der Waals surface area contributed by atoms with Gasteiger partial charge in [0.25, 0.3) is 0 Å². The zero-order valence-electron chi connectivity index (χ0n) is 15.4. The lowest BCUT2D eigenvalue weighted by Crippen LogP contribution is -2.18. The number of carboxylic acids is 1. The zero-order valence-corrected chi connectivity index (χ0v) is 15.4. The molecule has 3 unspecified atom stereocenters. The molecule has 22 heavy (non-hydrogen) atoms. The highest BCUT2D eigenvalue weighted by molar-refractivity contribution is 5.71. The van der Waals surface area contributed by atoms with Gasteiger partial charge in [-0.05, 0) is 25.2 Å². The van der Waals surface area contributed by atoms with Crippen LogP contribution in [0.15, 0.2) is 0 Å². The largest absolute Gasteiger partial charge is 0.481 e. The molecule has 0 heterocycles. The van der Waals surface area contributed by atoms with Gasteiger partial charge in [-0.25, -0.2) is 0 Å². The molecule has 0 amide bonds. The van der Waals surface area contributed by atoms with Crippen LogP contribution >= 0.6 is 0 Å². The van der Waals surface area contributed by atoms with Crippen LogP contribution in [0.3, 0.4) is 0 Å². The average Bonchev–Trinajstić information content (AvgIpc) is 2.53. The van der Waals surface area contributed by atoms with Gasteiger partial charge >= 0.3 is 11.9 Å². The SMILES string of the molecule is CCC(C)C(=O)O.CCCCC(CC)COC(=O)C(C)CC. The highest BCUT2D eigenvalue weighted by Gasteiger charge is 2.14. The van der Waals surface area contributed by atoms with Crippen molar-refractivity contribution in [2.45, 2.75) is 80.1 Å². The third-order valence-electron chi connectivity index (χ3n) is 4.05. The van der Waals surface area contributed by atoms with Gasteiger partial charge in [-0.3, -0.25) is 9.59 Å². The number of unbranched alkanes of at least 4 members (excludes halogenated alkanes) is 1. The van der Waals surface area contributed by atoms with E-state index in [2.05, 4.69) is 13.8 Å². The van der Waals surface area contributed by atoms with Crippen LogP contribution in [0.1, 0.15) is 80.1 Å². The van der Waals surface area contributed by atoms with Crippen LogP contribution in [0.4, 0.5) is 0 Å². The van der Waals surface area contributed by atoms with Gasteiger partial charge in [0.2, 0.25) is 0 Å². The molecule has 4 nitrogen and oxygen atoms in total. The van der Waals surface area contributed by atoms with E-state index >= 15 is 0 Å². The lowest BCUT2D eigenvalue weighted by molar-refractivity contribution is -0.149. The molecule has 0 aliphatic carbocycles. The molecular formula is C18H36O4. The number of hydrogen-bond donors (Lipinski definition) is 1. The van der Waals surface area contributed by atoms with E-state index in [9.17, 15) is 9.59 Å². The summed E-state index contributed by atoms with van der Waals surface area (Å²) in [5.41, 5.74) is 0. The summed E-state index contributed by atoms with van der Waals surface area (Å²) >= 11 is 0. The third-order valence-corrected chi connectivity index (χ3v) is 4.05. The summed E-state index contributed by atoms with van der Waals surface area (Å²) in [4.78, 5) is 21.4. The fourth-order valence-corrected chi connectivity index (χ4v) is 1.58. The minimum atomic E-state index is -0.706. The van der Waals surface area contributed by atoms with Crippen molar-refractivity contribution in [2.75, 3.05) is 6.61 Å². The zero-order chi connectivity index (χ0) is 17.5. The van der Waals surface area contributed by atoms with E-state index in [1.165, 1.54) is 19.3 Å². The van der Waals surface area contributed by atoms with E-state index in [-0.39, 0.29) is 17.8 Å². The molecule has 0 saturated carbocycles. The molecule has 0 aliphatic heterocycles. The maximum absolute atomic E-state index is 11.4. The van der Waals surface area contributed by atoms with Crippen LogP contribution in [0.2, 0.25) is 0 Å². The van der Waals surface area contributed by atoms with E-state index in [0.717, 1.165) is 19.3 Å². The highest BCUT2D eigenvalue weighted by Crippen LogP contribution is 2.14. The highest BCUT2D eigenvalue weighted by atomic mass is 16.5. The topological polar surface area (TPSA) is 63.6 Å². The Morgan fingerprint density at radius 1 is 0.955 bits per heavy atom. The Bertz CT molecular complexity index is 289. The van der Waals surface area contributed by atoms with Crippen LogP contribution in [0.5, 0.6) is 0 Å². The van der Waals surface area contributed by atoms with Crippen molar-refractivity contribution in [3.63, 3.8) is 0 Å². The molecule has 0 aromatic heterocycles. The number of hydrogen-bond acceptors (Lipinski definition) is 3. The Kier molecular flexibility index (Phi) is 15.7. The van der Waals surface area contributed by atoms with Crippen molar-refractivity contribution in [2.24, 2.45) is 17.8 Å². The monoisotopic (exact) mass is 316 g/mol. The van der Waals surface area contributed by atoms with Gasteiger partial charge in [-0.2, -0.15) is 0 Å². The summed E-state index contributed by atoms with van der Waals surface area (Å²) in [7, 11) is 0. The first-order chi connectivity index (χ1) is 10.3. The van der Waals surface area contributed by atoms with Crippen LogP contribution in [-0.4, -0.2) is 23.7 Å². The van der Waals surface area contributed by atoms with E-state index in [1.54, 1.807) is 6.92 Å². The fraction of sp³-hybridized carbons (Fsp3) is 0.889. The maximum atomic E-state index is 11.4. The summed E-state index contributed by atoms with van der Waals surface area (Å²) in [5.74, 6) is -0.318. The number of rotatable bonds is 10. The second-order valence-electron chi connectivity index (χ2n) is 6.00. The molecule has 4 heteroatoms. The number of esters is 1. The third kappa shape index (κ3) is 12.7. The second-order valence-corrected chi connectivity index (χ2v) is 6.00. The number of aliphatic carboxylic acids is 1. The minimum Gasteiger partial charge on any atom is -0.481 e. The molecule has 0 radical (unpaired) electrons. The molecule has 0 bridgehead atoms. The standard InChI is InChI=1S/C13H26O2.C5H10O2/c1-5-8-9-12(7-3)10-15-13(14)11(4)6-2;1-3-4(2)5(6)7/h11-12H,5-10H2,1-4H3;4H,3H2,1-2H3,(H,6,7).